The second kappa shape index (κ2) is 12.2. The molecule has 3 atom stereocenters. The molecule has 0 saturated carbocycles. The number of carbonyl (C=O) groups is 3. The third-order valence-electron chi connectivity index (χ3n) is 8.59. The van der Waals surface area contributed by atoms with Gasteiger partial charge in [-0.3, -0.25) is 14.4 Å². The number of aryl methyl sites for hydroxylation is 1. The van der Waals surface area contributed by atoms with E-state index in [2.05, 4.69) is 69.3 Å². The number of allylic oxidation sites excluding steroid dienone is 4. The van der Waals surface area contributed by atoms with E-state index in [1.807, 2.05) is 6.92 Å². The highest BCUT2D eigenvalue weighted by molar-refractivity contribution is 6.02. The molecule has 3 nitrogen and oxygen atoms in total. The van der Waals surface area contributed by atoms with E-state index < -0.39 is 0 Å². The van der Waals surface area contributed by atoms with Gasteiger partial charge in [-0.15, -0.1) is 0 Å². The van der Waals surface area contributed by atoms with Crippen molar-refractivity contribution in [2.75, 3.05) is 0 Å². The summed E-state index contributed by atoms with van der Waals surface area (Å²) in [7, 11) is 0. The van der Waals surface area contributed by atoms with Crippen molar-refractivity contribution in [1.82, 2.24) is 0 Å². The zero-order valence-corrected chi connectivity index (χ0v) is 23.7. The maximum Gasteiger partial charge on any atom is 0.163 e. The smallest absolute Gasteiger partial charge is 0.163 e. The molecule has 200 valence electrons. The van der Waals surface area contributed by atoms with Crippen molar-refractivity contribution in [3.05, 3.63) is 81.9 Å². The number of ketones is 3. The van der Waals surface area contributed by atoms with E-state index in [0.717, 1.165) is 55.2 Å². The molecule has 0 spiro atoms. The van der Waals surface area contributed by atoms with E-state index in [4.69, 9.17) is 0 Å². The summed E-state index contributed by atoms with van der Waals surface area (Å²) in [5.41, 5.74) is 9.44. The SMILES string of the molecule is CCCC(CC1CC(=O)c2c(ccc(C3=CC=C(c4ccc(C)cc4)C3)c2C)C1)C(CC)C(=O)CC(C)=O. The quantitative estimate of drug-likeness (QED) is 0.286. The zero-order valence-electron chi connectivity index (χ0n) is 23.7. The molecule has 3 heteroatoms. The van der Waals surface area contributed by atoms with Crippen LogP contribution in [0.3, 0.4) is 0 Å². The largest absolute Gasteiger partial charge is 0.300 e. The van der Waals surface area contributed by atoms with Crippen LogP contribution < -0.4 is 0 Å². The lowest BCUT2D eigenvalue weighted by molar-refractivity contribution is -0.129. The Kier molecular flexibility index (Phi) is 8.97. The van der Waals surface area contributed by atoms with Gasteiger partial charge < -0.3 is 0 Å². The van der Waals surface area contributed by atoms with Crippen LogP contribution in [-0.2, 0) is 16.0 Å². The monoisotopic (exact) mass is 510 g/mol. The minimum Gasteiger partial charge on any atom is -0.300 e. The predicted molar refractivity (Wildman–Crippen MR) is 156 cm³/mol. The Balaban J connectivity index is 1.49. The van der Waals surface area contributed by atoms with Gasteiger partial charge in [0.2, 0.25) is 0 Å². The molecule has 0 aliphatic heterocycles. The molecule has 0 saturated heterocycles. The summed E-state index contributed by atoms with van der Waals surface area (Å²) in [5.74, 6) is 0.631. The molecule has 0 heterocycles. The van der Waals surface area contributed by atoms with Crippen molar-refractivity contribution in [2.45, 2.75) is 86.0 Å². The van der Waals surface area contributed by atoms with Gasteiger partial charge >= 0.3 is 0 Å². The highest BCUT2D eigenvalue weighted by Crippen LogP contribution is 2.40. The number of hydrogen-bond donors (Lipinski definition) is 0. The van der Waals surface area contributed by atoms with Gasteiger partial charge in [-0.25, -0.2) is 0 Å². The average molecular weight is 511 g/mol. The molecule has 2 aliphatic rings. The Morgan fingerprint density at radius 2 is 1.66 bits per heavy atom. The Morgan fingerprint density at radius 3 is 2.32 bits per heavy atom. The van der Waals surface area contributed by atoms with Gasteiger partial charge in [0.1, 0.15) is 11.6 Å². The molecule has 3 unspecified atom stereocenters. The first-order valence-electron chi connectivity index (χ1n) is 14.4. The lowest BCUT2D eigenvalue weighted by Crippen LogP contribution is -2.30. The Bertz CT molecular complexity index is 1280. The minimum absolute atomic E-state index is 0.0312. The van der Waals surface area contributed by atoms with Crippen LogP contribution in [0.15, 0.2) is 48.6 Å². The van der Waals surface area contributed by atoms with Crippen LogP contribution >= 0.6 is 0 Å². The summed E-state index contributed by atoms with van der Waals surface area (Å²) in [5, 5.41) is 0. The van der Waals surface area contributed by atoms with E-state index in [-0.39, 0.29) is 41.5 Å². The third-order valence-corrected chi connectivity index (χ3v) is 8.59. The molecule has 0 N–H and O–H groups in total. The summed E-state index contributed by atoms with van der Waals surface area (Å²) >= 11 is 0. The Labute approximate surface area is 228 Å². The molecule has 38 heavy (non-hydrogen) atoms. The fourth-order valence-corrected chi connectivity index (χ4v) is 6.75. The molecule has 0 amide bonds. The van der Waals surface area contributed by atoms with Crippen LogP contribution in [0.1, 0.15) is 104 Å². The van der Waals surface area contributed by atoms with Crippen molar-refractivity contribution in [3.8, 4) is 0 Å². The summed E-state index contributed by atoms with van der Waals surface area (Å²) in [6.45, 7) is 9.90. The van der Waals surface area contributed by atoms with Crippen molar-refractivity contribution < 1.29 is 14.4 Å². The van der Waals surface area contributed by atoms with Crippen molar-refractivity contribution >= 4 is 28.5 Å². The lowest BCUT2D eigenvalue weighted by atomic mass is 9.71. The van der Waals surface area contributed by atoms with Gasteiger partial charge in [0.25, 0.3) is 0 Å². The first-order chi connectivity index (χ1) is 18.2. The van der Waals surface area contributed by atoms with E-state index in [0.29, 0.717) is 6.42 Å². The first-order valence-corrected chi connectivity index (χ1v) is 14.4. The summed E-state index contributed by atoms with van der Waals surface area (Å²) in [4.78, 5) is 38.0. The van der Waals surface area contributed by atoms with Crippen LogP contribution in [0.25, 0.3) is 11.1 Å². The molecule has 0 radical (unpaired) electrons. The van der Waals surface area contributed by atoms with Crippen LogP contribution in [0.4, 0.5) is 0 Å². The van der Waals surface area contributed by atoms with Crippen LogP contribution in [0.5, 0.6) is 0 Å². The molecule has 2 aromatic rings. The minimum atomic E-state index is -0.0935. The zero-order chi connectivity index (χ0) is 27.4. The van der Waals surface area contributed by atoms with Gasteiger partial charge in [0, 0.05) is 17.9 Å². The summed E-state index contributed by atoms with van der Waals surface area (Å²) in [6, 6.07) is 13.0. The summed E-state index contributed by atoms with van der Waals surface area (Å²) in [6.07, 6.45) is 10.3. The highest BCUT2D eigenvalue weighted by Gasteiger charge is 2.33. The van der Waals surface area contributed by atoms with Crippen molar-refractivity contribution in [1.29, 1.82) is 0 Å². The van der Waals surface area contributed by atoms with Crippen LogP contribution in [-0.4, -0.2) is 17.3 Å². The molecule has 0 bridgehead atoms. The standard InChI is InChI=1S/C35H42O3/c1-6-8-28(31(7-2)33(37)17-23(4)36)18-25-19-30-15-16-32(24(5)35(30)34(38)20-25)29-14-13-27(21-29)26-11-9-22(3)10-12-26/h9-16,25,28,31H,6-8,17-21H2,1-5H3. The highest BCUT2D eigenvalue weighted by atomic mass is 16.1. The fraction of sp³-hybridized carbons (Fsp3) is 0.457. The molecular formula is C35H42O3. The van der Waals surface area contributed by atoms with E-state index in [1.54, 1.807) is 0 Å². The number of fused-ring (bicyclic) bond motifs is 1. The van der Waals surface area contributed by atoms with Gasteiger partial charge in [0.05, 0.1) is 6.42 Å². The Morgan fingerprint density at radius 1 is 0.947 bits per heavy atom. The molecule has 4 rings (SSSR count). The fourth-order valence-electron chi connectivity index (χ4n) is 6.75. The van der Waals surface area contributed by atoms with E-state index >= 15 is 0 Å². The van der Waals surface area contributed by atoms with Gasteiger partial charge in [-0.1, -0.05) is 80.8 Å². The number of carbonyl (C=O) groups excluding carboxylic acids is 3. The normalized spacial score (nSPS) is 18.4. The second-order valence-corrected chi connectivity index (χ2v) is 11.5. The topological polar surface area (TPSA) is 51.2 Å². The van der Waals surface area contributed by atoms with E-state index in [9.17, 15) is 14.4 Å². The average Bonchev–Trinajstić information content (AvgIpc) is 3.34. The maximum atomic E-state index is 13.5. The molecule has 0 fully saturated rings. The van der Waals surface area contributed by atoms with Crippen molar-refractivity contribution in [3.63, 3.8) is 0 Å². The second-order valence-electron chi connectivity index (χ2n) is 11.5. The number of rotatable bonds is 11. The van der Waals surface area contributed by atoms with Crippen LogP contribution in [0, 0.1) is 31.6 Å². The third kappa shape index (κ3) is 6.14. The van der Waals surface area contributed by atoms with E-state index in [1.165, 1.54) is 34.8 Å². The molecule has 0 aromatic heterocycles. The van der Waals surface area contributed by atoms with Gasteiger partial charge in [0.15, 0.2) is 5.78 Å². The van der Waals surface area contributed by atoms with Gasteiger partial charge in [-0.2, -0.15) is 0 Å². The molecule has 2 aliphatic carbocycles. The predicted octanol–water partition coefficient (Wildman–Crippen LogP) is 8.30. The maximum absolute atomic E-state index is 13.5. The molecular weight excluding hydrogens is 468 g/mol. The van der Waals surface area contributed by atoms with Crippen molar-refractivity contribution in [2.24, 2.45) is 17.8 Å². The first kappa shape index (κ1) is 28.0. The number of benzene rings is 2. The van der Waals surface area contributed by atoms with Gasteiger partial charge in [-0.05, 0) is 91.7 Å². The Hall–Kier alpha value is -3.07. The molecule has 2 aromatic carbocycles. The summed E-state index contributed by atoms with van der Waals surface area (Å²) < 4.78 is 0. The number of Topliss-reactive ketones (excluding diaryl/α,β-unsaturated/α-hetero) is 3. The van der Waals surface area contributed by atoms with Crippen LogP contribution in [0.2, 0.25) is 0 Å². The lowest BCUT2D eigenvalue weighted by Gasteiger charge is -2.32. The number of hydrogen-bond acceptors (Lipinski definition) is 3.